The van der Waals surface area contributed by atoms with Crippen LogP contribution < -0.4 is 0 Å². The van der Waals surface area contributed by atoms with Crippen LogP contribution in [-0.2, 0) is 16.0 Å². The third kappa shape index (κ3) is 2.96. The summed E-state index contributed by atoms with van der Waals surface area (Å²) in [4.78, 5) is 23.6. The number of hydrogen-bond acceptors (Lipinski definition) is 4. The van der Waals surface area contributed by atoms with Crippen molar-refractivity contribution in [3.8, 4) is 0 Å². The van der Waals surface area contributed by atoms with Crippen LogP contribution in [0.1, 0.15) is 28.4 Å². The molecule has 0 spiro atoms. The Labute approximate surface area is 86.7 Å². The Morgan fingerprint density at radius 2 is 2.14 bits per heavy atom. The summed E-state index contributed by atoms with van der Waals surface area (Å²) in [5.41, 5.74) is 0. The van der Waals surface area contributed by atoms with Gasteiger partial charge in [-0.2, -0.15) is 0 Å². The molecular weight excluding hydrogens is 200 g/mol. The van der Waals surface area contributed by atoms with Gasteiger partial charge in [0.1, 0.15) is 0 Å². The fourth-order valence-corrected chi connectivity index (χ4v) is 1.90. The fourth-order valence-electron chi connectivity index (χ4n) is 1.02. The maximum Gasteiger partial charge on any atom is 0.311 e. The smallest absolute Gasteiger partial charge is 0.311 e. The van der Waals surface area contributed by atoms with Crippen LogP contribution in [0.3, 0.4) is 0 Å². The minimum absolute atomic E-state index is 0.0325. The number of hydrogen-bond donors (Lipinski definition) is 0. The van der Waals surface area contributed by atoms with E-state index in [9.17, 15) is 9.59 Å². The second kappa shape index (κ2) is 4.91. The molecule has 0 unspecified atom stereocenters. The van der Waals surface area contributed by atoms with Crippen molar-refractivity contribution in [3.05, 3.63) is 21.9 Å². The zero-order chi connectivity index (χ0) is 10.6. The van der Waals surface area contributed by atoms with Crippen LogP contribution in [-0.4, -0.2) is 18.4 Å². The Morgan fingerprint density at radius 1 is 1.43 bits per heavy atom. The molecule has 0 radical (unpaired) electrons. The molecule has 1 aromatic rings. The highest BCUT2D eigenvalue weighted by Crippen LogP contribution is 2.17. The Morgan fingerprint density at radius 3 is 2.64 bits per heavy atom. The molecule has 0 N–H and O–H groups in total. The summed E-state index contributed by atoms with van der Waals surface area (Å²) in [6, 6.07) is 3.53. The summed E-state index contributed by atoms with van der Waals surface area (Å²) in [5.74, 6) is -0.213. The average molecular weight is 212 g/mol. The van der Waals surface area contributed by atoms with Gasteiger partial charge in [0.2, 0.25) is 0 Å². The number of carbonyl (C=O) groups is 2. The van der Waals surface area contributed by atoms with E-state index >= 15 is 0 Å². The molecule has 0 aliphatic rings. The minimum Gasteiger partial charge on any atom is -0.466 e. The largest absolute Gasteiger partial charge is 0.466 e. The van der Waals surface area contributed by atoms with E-state index in [-0.39, 0.29) is 18.2 Å². The first-order valence-electron chi connectivity index (χ1n) is 4.38. The van der Waals surface area contributed by atoms with Gasteiger partial charge in [0.15, 0.2) is 5.78 Å². The summed E-state index contributed by atoms with van der Waals surface area (Å²) in [7, 11) is 0. The van der Waals surface area contributed by atoms with E-state index in [0.29, 0.717) is 11.5 Å². The molecule has 0 fully saturated rings. The lowest BCUT2D eigenvalue weighted by Gasteiger charge is -1.98. The molecular formula is C10H12O3S. The van der Waals surface area contributed by atoms with Crippen LogP contribution in [0.25, 0.3) is 0 Å². The Bertz CT molecular complexity index is 341. The fraction of sp³-hybridized carbons (Fsp3) is 0.400. The minimum atomic E-state index is -0.246. The molecule has 1 rings (SSSR count). The summed E-state index contributed by atoms with van der Waals surface area (Å²) in [6.45, 7) is 3.68. The number of esters is 1. The maximum absolute atomic E-state index is 11.1. The lowest BCUT2D eigenvalue weighted by atomic mass is 10.3. The molecule has 0 aliphatic carbocycles. The van der Waals surface area contributed by atoms with E-state index < -0.39 is 0 Å². The van der Waals surface area contributed by atoms with Gasteiger partial charge in [0.25, 0.3) is 0 Å². The normalized spacial score (nSPS) is 9.86. The predicted octanol–water partition coefficient (Wildman–Crippen LogP) is 2.06. The number of ketones is 1. The standard InChI is InChI=1S/C10H12O3S/c1-3-13-10(12)6-8-4-5-9(14-8)7(2)11/h4-5H,3,6H2,1-2H3. The lowest BCUT2D eigenvalue weighted by Crippen LogP contribution is -2.06. The van der Waals surface area contributed by atoms with Crippen molar-refractivity contribution in [3.63, 3.8) is 0 Å². The molecule has 0 aliphatic heterocycles. The molecule has 0 atom stereocenters. The molecule has 3 nitrogen and oxygen atoms in total. The van der Waals surface area contributed by atoms with Gasteiger partial charge in [-0.1, -0.05) is 0 Å². The van der Waals surface area contributed by atoms with Crippen molar-refractivity contribution in [2.45, 2.75) is 20.3 Å². The Balaban J connectivity index is 2.59. The van der Waals surface area contributed by atoms with E-state index in [0.717, 1.165) is 4.88 Å². The van der Waals surface area contributed by atoms with E-state index in [1.165, 1.54) is 18.3 Å². The van der Waals surface area contributed by atoms with Crippen molar-refractivity contribution in [1.29, 1.82) is 0 Å². The third-order valence-electron chi connectivity index (χ3n) is 1.63. The topological polar surface area (TPSA) is 43.4 Å². The van der Waals surface area contributed by atoms with Gasteiger partial charge in [-0.3, -0.25) is 9.59 Å². The summed E-state index contributed by atoms with van der Waals surface area (Å²) in [6.07, 6.45) is 0.256. The highest BCUT2D eigenvalue weighted by atomic mass is 32.1. The monoisotopic (exact) mass is 212 g/mol. The van der Waals surface area contributed by atoms with Crippen molar-refractivity contribution in [1.82, 2.24) is 0 Å². The van der Waals surface area contributed by atoms with Crippen LogP contribution >= 0.6 is 11.3 Å². The molecule has 1 aromatic heterocycles. The van der Waals surface area contributed by atoms with E-state index in [4.69, 9.17) is 4.74 Å². The summed E-state index contributed by atoms with van der Waals surface area (Å²) >= 11 is 1.34. The van der Waals surface area contributed by atoms with Gasteiger partial charge in [-0.05, 0) is 26.0 Å². The zero-order valence-electron chi connectivity index (χ0n) is 8.20. The second-order valence-corrected chi connectivity index (χ2v) is 3.97. The van der Waals surface area contributed by atoms with Gasteiger partial charge in [-0.15, -0.1) is 11.3 Å². The van der Waals surface area contributed by atoms with Crippen molar-refractivity contribution in [2.75, 3.05) is 6.61 Å². The predicted molar refractivity (Wildman–Crippen MR) is 54.7 cm³/mol. The Hall–Kier alpha value is -1.16. The molecule has 14 heavy (non-hydrogen) atoms. The van der Waals surface area contributed by atoms with Gasteiger partial charge >= 0.3 is 5.97 Å². The van der Waals surface area contributed by atoms with E-state index in [2.05, 4.69) is 0 Å². The van der Waals surface area contributed by atoms with Crippen LogP contribution in [0.4, 0.5) is 0 Å². The molecule has 0 aromatic carbocycles. The van der Waals surface area contributed by atoms with Crippen LogP contribution in [0, 0.1) is 0 Å². The summed E-state index contributed by atoms with van der Waals surface area (Å²) < 4.78 is 4.80. The lowest BCUT2D eigenvalue weighted by molar-refractivity contribution is -0.142. The molecule has 0 saturated heterocycles. The number of thiophene rings is 1. The SMILES string of the molecule is CCOC(=O)Cc1ccc(C(C)=O)s1. The van der Waals surface area contributed by atoms with E-state index in [1.807, 2.05) is 0 Å². The average Bonchev–Trinajstić information content (AvgIpc) is 2.53. The molecule has 4 heteroatoms. The highest BCUT2D eigenvalue weighted by Gasteiger charge is 2.08. The number of carbonyl (C=O) groups excluding carboxylic acids is 2. The van der Waals surface area contributed by atoms with Crippen molar-refractivity contribution < 1.29 is 14.3 Å². The zero-order valence-corrected chi connectivity index (χ0v) is 9.02. The van der Waals surface area contributed by atoms with Crippen molar-refractivity contribution >= 4 is 23.1 Å². The Kier molecular flexibility index (Phi) is 3.83. The molecule has 0 amide bonds. The first-order chi connectivity index (χ1) is 6.63. The highest BCUT2D eigenvalue weighted by molar-refractivity contribution is 7.14. The third-order valence-corrected chi connectivity index (χ3v) is 2.82. The molecule has 0 saturated carbocycles. The number of rotatable bonds is 4. The first-order valence-corrected chi connectivity index (χ1v) is 5.20. The maximum atomic E-state index is 11.1. The first kappa shape index (κ1) is 10.9. The van der Waals surface area contributed by atoms with E-state index in [1.54, 1.807) is 19.1 Å². The van der Waals surface area contributed by atoms with Crippen LogP contribution in [0.2, 0.25) is 0 Å². The van der Waals surface area contributed by atoms with Crippen LogP contribution in [0.5, 0.6) is 0 Å². The van der Waals surface area contributed by atoms with Gasteiger partial charge < -0.3 is 4.74 Å². The summed E-state index contributed by atoms with van der Waals surface area (Å²) in [5, 5.41) is 0. The number of Topliss-reactive ketones (excluding diaryl/α,β-unsaturated/α-hetero) is 1. The van der Waals surface area contributed by atoms with Gasteiger partial charge in [0.05, 0.1) is 17.9 Å². The number of ether oxygens (including phenoxy) is 1. The quantitative estimate of drug-likeness (QED) is 0.566. The second-order valence-electron chi connectivity index (χ2n) is 2.80. The van der Waals surface area contributed by atoms with Gasteiger partial charge in [-0.25, -0.2) is 0 Å². The molecule has 0 bridgehead atoms. The van der Waals surface area contributed by atoms with Gasteiger partial charge in [0, 0.05) is 4.88 Å². The van der Waals surface area contributed by atoms with Crippen molar-refractivity contribution in [2.24, 2.45) is 0 Å². The van der Waals surface area contributed by atoms with Crippen LogP contribution in [0.15, 0.2) is 12.1 Å². The molecule has 1 heterocycles. The molecule has 76 valence electrons.